The lowest BCUT2D eigenvalue weighted by atomic mass is 9.79. The molecule has 2 saturated heterocycles. The van der Waals surface area contributed by atoms with Crippen LogP contribution in [0.5, 0.6) is 0 Å². The zero-order valence-corrected chi connectivity index (χ0v) is 10.6. The molecule has 6 nitrogen and oxygen atoms in total. The molecule has 1 atom stereocenters. The molecule has 0 aromatic heterocycles. The van der Waals surface area contributed by atoms with Crippen molar-refractivity contribution >= 4 is 5.91 Å². The third-order valence-electron chi connectivity index (χ3n) is 3.98. The topological polar surface area (TPSA) is 93.8 Å². The van der Waals surface area contributed by atoms with Gasteiger partial charge in [0.2, 0.25) is 5.91 Å². The predicted molar refractivity (Wildman–Crippen MR) is 64.9 cm³/mol. The summed E-state index contributed by atoms with van der Waals surface area (Å²) in [4.78, 5) is 12.3. The highest BCUT2D eigenvalue weighted by Gasteiger charge is 2.40. The van der Waals surface area contributed by atoms with Crippen LogP contribution in [-0.2, 0) is 14.3 Å². The standard InChI is InChI=1S/C12H22N2O4/c13-7-11(1-4-17-5-2-11)10(15)14-8-12(16)3-6-18-9-12/h16H,1-9,13H2,(H,14,15). The molecule has 2 fully saturated rings. The van der Waals surface area contributed by atoms with Gasteiger partial charge < -0.3 is 25.6 Å². The molecule has 2 heterocycles. The van der Waals surface area contributed by atoms with Gasteiger partial charge in [0.25, 0.3) is 0 Å². The van der Waals surface area contributed by atoms with E-state index < -0.39 is 11.0 Å². The summed E-state index contributed by atoms with van der Waals surface area (Å²) in [6.07, 6.45) is 1.85. The molecule has 0 radical (unpaired) electrons. The van der Waals surface area contributed by atoms with E-state index in [0.717, 1.165) is 0 Å². The number of ether oxygens (including phenoxy) is 2. The summed E-state index contributed by atoms with van der Waals surface area (Å²) in [5.74, 6) is -0.0753. The normalized spacial score (nSPS) is 31.2. The third-order valence-corrected chi connectivity index (χ3v) is 3.98. The lowest BCUT2D eigenvalue weighted by Crippen LogP contribution is -2.53. The molecular formula is C12H22N2O4. The van der Waals surface area contributed by atoms with Gasteiger partial charge in [-0.2, -0.15) is 0 Å². The maximum absolute atomic E-state index is 12.3. The van der Waals surface area contributed by atoms with Crippen LogP contribution >= 0.6 is 0 Å². The maximum Gasteiger partial charge on any atom is 0.227 e. The SMILES string of the molecule is NCC1(C(=O)NCC2(O)CCOC2)CCOCC1. The first-order valence-electron chi connectivity index (χ1n) is 6.47. The van der Waals surface area contributed by atoms with Gasteiger partial charge in [0, 0.05) is 39.3 Å². The van der Waals surface area contributed by atoms with Crippen LogP contribution in [0.25, 0.3) is 0 Å². The zero-order chi connectivity index (χ0) is 13.1. The number of nitrogens with one attached hydrogen (secondary N) is 1. The number of carbonyl (C=O) groups is 1. The molecule has 104 valence electrons. The highest BCUT2D eigenvalue weighted by Crippen LogP contribution is 2.29. The van der Waals surface area contributed by atoms with E-state index in [9.17, 15) is 9.90 Å². The third kappa shape index (κ3) is 2.83. The van der Waals surface area contributed by atoms with Crippen LogP contribution < -0.4 is 11.1 Å². The molecule has 2 aliphatic heterocycles. The molecule has 1 amide bonds. The Bertz CT molecular complexity index is 296. The summed E-state index contributed by atoms with van der Waals surface area (Å²) in [5.41, 5.74) is 4.30. The minimum absolute atomic E-state index is 0.0753. The van der Waals surface area contributed by atoms with Crippen molar-refractivity contribution in [2.75, 3.05) is 39.5 Å². The van der Waals surface area contributed by atoms with Crippen LogP contribution in [0.2, 0.25) is 0 Å². The second kappa shape index (κ2) is 5.52. The van der Waals surface area contributed by atoms with Gasteiger partial charge in [-0.1, -0.05) is 0 Å². The van der Waals surface area contributed by atoms with E-state index in [1.54, 1.807) is 0 Å². The van der Waals surface area contributed by atoms with Gasteiger partial charge in [0.15, 0.2) is 0 Å². The van der Waals surface area contributed by atoms with Gasteiger partial charge in [0.1, 0.15) is 5.60 Å². The minimum Gasteiger partial charge on any atom is -0.386 e. The first-order chi connectivity index (χ1) is 8.60. The zero-order valence-electron chi connectivity index (χ0n) is 10.6. The van der Waals surface area contributed by atoms with Crippen molar-refractivity contribution in [2.24, 2.45) is 11.1 Å². The monoisotopic (exact) mass is 258 g/mol. The summed E-state index contributed by atoms with van der Waals surface area (Å²) in [6, 6.07) is 0. The smallest absolute Gasteiger partial charge is 0.227 e. The summed E-state index contributed by atoms with van der Waals surface area (Å²) in [7, 11) is 0. The molecule has 4 N–H and O–H groups in total. The average molecular weight is 258 g/mol. The van der Waals surface area contributed by atoms with E-state index in [1.165, 1.54) is 0 Å². The number of rotatable bonds is 4. The Morgan fingerprint density at radius 1 is 1.22 bits per heavy atom. The molecule has 0 spiro atoms. The predicted octanol–water partition coefficient (Wildman–Crippen LogP) is -0.990. The lowest BCUT2D eigenvalue weighted by molar-refractivity contribution is -0.137. The first kappa shape index (κ1) is 13.7. The van der Waals surface area contributed by atoms with Crippen molar-refractivity contribution in [1.82, 2.24) is 5.32 Å². The Labute approximate surface area is 107 Å². The first-order valence-corrected chi connectivity index (χ1v) is 6.47. The quantitative estimate of drug-likeness (QED) is 0.602. The molecule has 0 saturated carbocycles. The van der Waals surface area contributed by atoms with Crippen LogP contribution in [0, 0.1) is 5.41 Å². The number of amides is 1. The van der Waals surface area contributed by atoms with Crippen LogP contribution in [0.1, 0.15) is 19.3 Å². The van der Waals surface area contributed by atoms with Crippen LogP contribution in [0.3, 0.4) is 0 Å². The van der Waals surface area contributed by atoms with E-state index in [1.807, 2.05) is 0 Å². The van der Waals surface area contributed by atoms with Gasteiger partial charge >= 0.3 is 0 Å². The van der Waals surface area contributed by atoms with Crippen molar-refractivity contribution in [2.45, 2.75) is 24.9 Å². The molecule has 18 heavy (non-hydrogen) atoms. The Hall–Kier alpha value is -0.690. The van der Waals surface area contributed by atoms with E-state index in [-0.39, 0.29) is 19.1 Å². The highest BCUT2D eigenvalue weighted by atomic mass is 16.5. The van der Waals surface area contributed by atoms with Crippen molar-refractivity contribution in [3.8, 4) is 0 Å². The number of aliphatic hydroxyl groups is 1. The van der Waals surface area contributed by atoms with Crippen molar-refractivity contribution < 1.29 is 19.4 Å². The molecule has 0 aromatic rings. The summed E-state index contributed by atoms with van der Waals surface area (Å²) < 4.78 is 10.4. The molecule has 6 heteroatoms. The number of carbonyl (C=O) groups excluding carboxylic acids is 1. The highest BCUT2D eigenvalue weighted by molar-refractivity contribution is 5.83. The van der Waals surface area contributed by atoms with Crippen LogP contribution in [0.4, 0.5) is 0 Å². The lowest BCUT2D eigenvalue weighted by Gasteiger charge is -2.35. The molecular weight excluding hydrogens is 236 g/mol. The molecule has 1 unspecified atom stereocenters. The fourth-order valence-electron chi connectivity index (χ4n) is 2.45. The minimum atomic E-state index is -0.920. The van der Waals surface area contributed by atoms with Gasteiger partial charge in [-0.25, -0.2) is 0 Å². The Morgan fingerprint density at radius 2 is 1.89 bits per heavy atom. The molecule has 0 aliphatic carbocycles. The summed E-state index contributed by atoms with van der Waals surface area (Å²) in [5, 5.41) is 12.9. The van der Waals surface area contributed by atoms with Crippen LogP contribution in [0.15, 0.2) is 0 Å². The fraction of sp³-hybridized carbons (Fsp3) is 0.917. The second-order valence-electron chi connectivity index (χ2n) is 5.31. The Kier molecular flexibility index (Phi) is 4.21. The molecule has 0 aromatic carbocycles. The summed E-state index contributed by atoms with van der Waals surface area (Å²) >= 11 is 0. The van der Waals surface area contributed by atoms with Crippen molar-refractivity contribution in [3.63, 3.8) is 0 Å². The largest absolute Gasteiger partial charge is 0.386 e. The van der Waals surface area contributed by atoms with Gasteiger partial charge in [-0.3, -0.25) is 4.79 Å². The number of hydrogen-bond donors (Lipinski definition) is 3. The maximum atomic E-state index is 12.3. The summed E-state index contributed by atoms with van der Waals surface area (Å²) in [6.45, 7) is 2.51. The Morgan fingerprint density at radius 3 is 2.44 bits per heavy atom. The average Bonchev–Trinajstić information content (AvgIpc) is 2.84. The Balaban J connectivity index is 1.89. The van der Waals surface area contributed by atoms with Gasteiger partial charge in [-0.05, 0) is 12.8 Å². The van der Waals surface area contributed by atoms with E-state index in [2.05, 4.69) is 5.32 Å². The number of hydrogen-bond acceptors (Lipinski definition) is 5. The fourth-order valence-corrected chi connectivity index (χ4v) is 2.45. The van der Waals surface area contributed by atoms with Crippen molar-refractivity contribution in [3.05, 3.63) is 0 Å². The second-order valence-corrected chi connectivity index (χ2v) is 5.31. The van der Waals surface area contributed by atoms with Gasteiger partial charge in [0.05, 0.1) is 12.0 Å². The van der Waals surface area contributed by atoms with E-state index >= 15 is 0 Å². The van der Waals surface area contributed by atoms with Crippen molar-refractivity contribution in [1.29, 1.82) is 0 Å². The van der Waals surface area contributed by atoms with E-state index in [0.29, 0.717) is 45.6 Å². The van der Waals surface area contributed by atoms with E-state index in [4.69, 9.17) is 15.2 Å². The molecule has 0 bridgehead atoms. The molecule has 2 rings (SSSR count). The van der Waals surface area contributed by atoms with Gasteiger partial charge in [-0.15, -0.1) is 0 Å². The molecule has 2 aliphatic rings. The number of nitrogens with two attached hydrogens (primary N) is 1. The van der Waals surface area contributed by atoms with Crippen LogP contribution in [-0.4, -0.2) is 56.1 Å².